The number of rotatable bonds is 3. The lowest BCUT2D eigenvalue weighted by atomic mass is 10.0. The summed E-state index contributed by atoms with van der Waals surface area (Å²) >= 11 is 3.44. The smallest absolute Gasteiger partial charge is 0.140 e. The molecule has 0 aromatic carbocycles. The first-order valence-electron chi connectivity index (χ1n) is 5.25. The minimum Gasteiger partial charge on any atom is -0.466 e. The summed E-state index contributed by atoms with van der Waals surface area (Å²) in [6.07, 6.45) is 1.63. The van der Waals surface area contributed by atoms with E-state index >= 15 is 0 Å². The van der Waals surface area contributed by atoms with Crippen LogP contribution in [0.5, 0.6) is 0 Å². The first kappa shape index (κ1) is 12.3. The number of nitrogens with one attached hydrogen (secondary N) is 1. The highest BCUT2D eigenvalue weighted by molar-refractivity contribution is 9.10. The Morgan fingerprint density at radius 1 is 1.53 bits per heavy atom. The third-order valence-corrected chi connectivity index (χ3v) is 3.58. The van der Waals surface area contributed by atoms with Crippen molar-refractivity contribution >= 4 is 15.9 Å². The van der Waals surface area contributed by atoms with Gasteiger partial charge in [0.2, 0.25) is 0 Å². The van der Waals surface area contributed by atoms with Crippen LogP contribution in [0.4, 0.5) is 0 Å². The van der Waals surface area contributed by atoms with Crippen LogP contribution in [0, 0.1) is 13.8 Å². The second-order valence-electron chi connectivity index (χ2n) is 3.94. The number of aryl methyl sites for hydroxylation is 2. The molecular weight excluding hydrogens is 284 g/mol. The number of hydrogen-bond acceptors (Lipinski definition) is 4. The van der Waals surface area contributed by atoms with Crippen molar-refractivity contribution in [2.75, 3.05) is 0 Å². The lowest BCUT2D eigenvalue weighted by Gasteiger charge is -2.15. The van der Waals surface area contributed by atoms with Crippen LogP contribution in [-0.4, -0.2) is 9.78 Å². The van der Waals surface area contributed by atoms with Gasteiger partial charge in [-0.1, -0.05) is 0 Å². The molecule has 0 aliphatic rings. The summed E-state index contributed by atoms with van der Waals surface area (Å²) in [5.41, 5.74) is 5.83. The second-order valence-corrected chi connectivity index (χ2v) is 4.79. The lowest BCUT2D eigenvalue weighted by Crippen LogP contribution is -2.29. The van der Waals surface area contributed by atoms with E-state index in [1.165, 1.54) is 0 Å². The largest absolute Gasteiger partial charge is 0.466 e. The van der Waals surface area contributed by atoms with Crippen LogP contribution >= 0.6 is 15.9 Å². The Balaban J connectivity index is 2.53. The standard InChI is InChI=1S/C11H15BrN4O/c1-6-9(7(2)16(3)15-6)10(14-13)11-8(12)4-5-17-11/h4-5,10,14H,13H2,1-3H3. The van der Waals surface area contributed by atoms with Gasteiger partial charge in [0.25, 0.3) is 0 Å². The Hall–Kier alpha value is -1.11. The van der Waals surface area contributed by atoms with E-state index in [1.54, 1.807) is 6.26 Å². The number of nitrogens with zero attached hydrogens (tertiary/aromatic N) is 2. The Morgan fingerprint density at radius 3 is 2.65 bits per heavy atom. The lowest BCUT2D eigenvalue weighted by molar-refractivity contribution is 0.448. The highest BCUT2D eigenvalue weighted by Gasteiger charge is 2.25. The molecule has 2 aromatic rings. The Bertz CT molecular complexity index is 532. The van der Waals surface area contributed by atoms with Crippen LogP contribution in [-0.2, 0) is 7.05 Å². The molecule has 0 aliphatic carbocycles. The van der Waals surface area contributed by atoms with Gasteiger partial charge >= 0.3 is 0 Å². The molecule has 3 N–H and O–H groups in total. The minimum atomic E-state index is -0.201. The molecule has 5 nitrogen and oxygen atoms in total. The van der Waals surface area contributed by atoms with E-state index in [0.717, 1.165) is 27.2 Å². The third-order valence-electron chi connectivity index (χ3n) is 2.93. The van der Waals surface area contributed by atoms with Gasteiger partial charge in [-0.25, -0.2) is 5.43 Å². The van der Waals surface area contributed by atoms with E-state index in [4.69, 9.17) is 10.3 Å². The Morgan fingerprint density at radius 2 is 2.24 bits per heavy atom. The number of aromatic nitrogens is 2. The van der Waals surface area contributed by atoms with Gasteiger partial charge in [0, 0.05) is 18.3 Å². The number of halogens is 1. The molecule has 1 atom stereocenters. The van der Waals surface area contributed by atoms with Crippen LogP contribution < -0.4 is 11.3 Å². The molecule has 0 saturated heterocycles. The highest BCUT2D eigenvalue weighted by atomic mass is 79.9. The first-order valence-corrected chi connectivity index (χ1v) is 6.04. The second kappa shape index (κ2) is 4.64. The van der Waals surface area contributed by atoms with Gasteiger partial charge in [0.1, 0.15) is 11.8 Å². The molecule has 0 bridgehead atoms. The van der Waals surface area contributed by atoms with Crippen molar-refractivity contribution in [3.05, 3.63) is 39.5 Å². The summed E-state index contributed by atoms with van der Waals surface area (Å²) in [4.78, 5) is 0. The van der Waals surface area contributed by atoms with Gasteiger partial charge in [-0.15, -0.1) is 0 Å². The Labute approximate surface area is 108 Å². The summed E-state index contributed by atoms with van der Waals surface area (Å²) < 4.78 is 8.20. The van der Waals surface area contributed by atoms with Gasteiger partial charge in [0.05, 0.1) is 16.4 Å². The summed E-state index contributed by atoms with van der Waals surface area (Å²) in [6, 6.07) is 1.65. The zero-order chi connectivity index (χ0) is 12.6. The Kier molecular flexibility index (Phi) is 3.37. The van der Waals surface area contributed by atoms with Gasteiger partial charge in [-0.2, -0.15) is 5.10 Å². The van der Waals surface area contributed by atoms with Gasteiger partial charge in [-0.05, 0) is 35.8 Å². The summed E-state index contributed by atoms with van der Waals surface area (Å²) in [6.45, 7) is 3.97. The molecule has 6 heteroatoms. The van der Waals surface area contributed by atoms with Gasteiger partial charge < -0.3 is 4.42 Å². The summed E-state index contributed by atoms with van der Waals surface area (Å²) in [5, 5.41) is 4.38. The van der Waals surface area contributed by atoms with E-state index in [2.05, 4.69) is 26.5 Å². The molecule has 0 radical (unpaired) electrons. The van der Waals surface area contributed by atoms with Crippen LogP contribution in [0.15, 0.2) is 21.2 Å². The quantitative estimate of drug-likeness (QED) is 0.671. The molecule has 0 saturated carbocycles. The third kappa shape index (κ3) is 2.03. The predicted octanol–water partition coefficient (Wildman–Crippen LogP) is 1.95. The molecular formula is C11H15BrN4O. The van der Waals surface area contributed by atoms with Crippen molar-refractivity contribution in [3.63, 3.8) is 0 Å². The molecule has 0 amide bonds. The van der Waals surface area contributed by atoms with Gasteiger partial charge in [0.15, 0.2) is 0 Å². The number of furan rings is 1. The van der Waals surface area contributed by atoms with Crippen LogP contribution in [0.3, 0.4) is 0 Å². The highest BCUT2D eigenvalue weighted by Crippen LogP contribution is 2.32. The van der Waals surface area contributed by atoms with E-state index in [-0.39, 0.29) is 6.04 Å². The fourth-order valence-electron chi connectivity index (χ4n) is 2.01. The minimum absolute atomic E-state index is 0.201. The summed E-state index contributed by atoms with van der Waals surface area (Å²) in [5.74, 6) is 6.40. The van der Waals surface area contributed by atoms with Crippen LogP contribution in [0.2, 0.25) is 0 Å². The maximum atomic E-state index is 5.64. The summed E-state index contributed by atoms with van der Waals surface area (Å²) in [7, 11) is 1.91. The monoisotopic (exact) mass is 298 g/mol. The van der Waals surface area contributed by atoms with Crippen LogP contribution in [0.1, 0.15) is 28.8 Å². The van der Waals surface area contributed by atoms with Crippen molar-refractivity contribution in [2.24, 2.45) is 12.9 Å². The molecule has 0 fully saturated rings. The van der Waals surface area contributed by atoms with E-state index in [9.17, 15) is 0 Å². The molecule has 0 aliphatic heterocycles. The average molecular weight is 299 g/mol. The maximum Gasteiger partial charge on any atom is 0.140 e. The first-order chi connectivity index (χ1) is 8.06. The average Bonchev–Trinajstić information content (AvgIpc) is 2.79. The van der Waals surface area contributed by atoms with Gasteiger partial charge in [-0.3, -0.25) is 10.5 Å². The molecule has 2 aromatic heterocycles. The fourth-order valence-corrected chi connectivity index (χ4v) is 2.44. The number of nitrogens with two attached hydrogens (primary N) is 1. The zero-order valence-electron chi connectivity index (χ0n) is 9.99. The molecule has 2 heterocycles. The van der Waals surface area contributed by atoms with Crippen molar-refractivity contribution in [3.8, 4) is 0 Å². The van der Waals surface area contributed by atoms with Crippen LogP contribution in [0.25, 0.3) is 0 Å². The molecule has 1 unspecified atom stereocenters. The topological polar surface area (TPSA) is 69.0 Å². The van der Waals surface area contributed by atoms with E-state index in [0.29, 0.717) is 0 Å². The zero-order valence-corrected chi connectivity index (χ0v) is 11.6. The molecule has 0 spiro atoms. The molecule has 92 valence electrons. The van der Waals surface area contributed by atoms with Crippen molar-refractivity contribution < 1.29 is 4.42 Å². The maximum absolute atomic E-state index is 5.64. The van der Waals surface area contributed by atoms with Crippen molar-refractivity contribution in [2.45, 2.75) is 19.9 Å². The fraction of sp³-hybridized carbons (Fsp3) is 0.364. The van der Waals surface area contributed by atoms with Crippen molar-refractivity contribution in [1.29, 1.82) is 0 Å². The number of hydrogen-bond donors (Lipinski definition) is 2. The van der Waals surface area contributed by atoms with Crippen molar-refractivity contribution in [1.82, 2.24) is 15.2 Å². The molecule has 17 heavy (non-hydrogen) atoms. The van der Waals surface area contributed by atoms with E-state index in [1.807, 2.05) is 31.6 Å². The number of hydrazine groups is 1. The van der Waals surface area contributed by atoms with E-state index < -0.39 is 0 Å². The normalized spacial score (nSPS) is 13.0. The molecule has 2 rings (SSSR count). The predicted molar refractivity (Wildman–Crippen MR) is 68.3 cm³/mol. The SMILES string of the molecule is Cc1nn(C)c(C)c1C(NN)c1occc1Br.